The van der Waals surface area contributed by atoms with Gasteiger partial charge >= 0.3 is 0 Å². The van der Waals surface area contributed by atoms with Gasteiger partial charge in [-0.3, -0.25) is 19.2 Å². The van der Waals surface area contributed by atoms with Gasteiger partial charge in [-0.2, -0.15) is 0 Å². The van der Waals surface area contributed by atoms with Gasteiger partial charge in [0, 0.05) is 30.8 Å². The molecule has 4 rings (SSSR count). The molecule has 1 aliphatic rings. The molecular weight excluding hydrogens is 494 g/mol. The number of nitrogens with one attached hydrogen (secondary N) is 2. The monoisotopic (exact) mass is 518 g/mol. The number of para-hydroxylation sites is 1. The van der Waals surface area contributed by atoms with E-state index >= 15 is 0 Å². The molecule has 2 atom stereocenters. The second kappa shape index (κ2) is 11.1. The number of anilines is 1. The van der Waals surface area contributed by atoms with Crippen LogP contribution in [0.25, 0.3) is 0 Å². The van der Waals surface area contributed by atoms with Gasteiger partial charge in [-0.1, -0.05) is 48.5 Å². The van der Waals surface area contributed by atoms with E-state index in [1.165, 1.54) is 18.9 Å². The maximum atomic E-state index is 13.4. The largest absolute Gasteiger partial charge is 0.351 e. The normalized spacial score (nSPS) is 15.6. The third-order valence-electron chi connectivity index (χ3n) is 6.05. The molecule has 1 heterocycles. The molecule has 0 saturated carbocycles. The van der Waals surface area contributed by atoms with E-state index in [4.69, 9.17) is 0 Å². The predicted octanol–water partition coefficient (Wildman–Crippen LogP) is 3.01. The highest BCUT2D eigenvalue weighted by atomic mass is 19.1. The molecule has 2 N–H and O–H groups in total. The highest BCUT2D eigenvalue weighted by Crippen LogP contribution is 2.26. The molecule has 0 spiro atoms. The molecule has 3 aromatic carbocycles. The van der Waals surface area contributed by atoms with Crippen molar-refractivity contribution in [3.63, 3.8) is 0 Å². The van der Waals surface area contributed by atoms with Gasteiger partial charge in [0.2, 0.25) is 23.8 Å². The maximum absolute atomic E-state index is 13.4. The Kier molecular flexibility index (Phi) is 7.71. The van der Waals surface area contributed by atoms with Crippen LogP contribution in [0.15, 0.2) is 77.8 Å². The van der Waals surface area contributed by atoms with Crippen LogP contribution in [0.1, 0.15) is 28.4 Å². The average Bonchev–Trinajstić information content (AvgIpc) is 3.01. The Morgan fingerprint density at radius 3 is 2.26 bits per heavy atom. The second-order valence-electron chi connectivity index (χ2n) is 8.72. The second-order valence-corrected chi connectivity index (χ2v) is 8.72. The van der Waals surface area contributed by atoms with E-state index in [0.717, 1.165) is 12.1 Å². The van der Waals surface area contributed by atoms with Gasteiger partial charge in [-0.05, 0) is 30.7 Å². The first-order valence-electron chi connectivity index (χ1n) is 11.7. The Labute approximate surface area is 217 Å². The third-order valence-corrected chi connectivity index (χ3v) is 6.05. The van der Waals surface area contributed by atoms with Crippen molar-refractivity contribution in [2.75, 3.05) is 11.9 Å². The fourth-order valence-electron chi connectivity index (χ4n) is 3.96. The molecule has 0 fully saturated rings. The zero-order chi connectivity index (χ0) is 27.4. The van der Waals surface area contributed by atoms with E-state index in [2.05, 4.69) is 15.6 Å². The van der Waals surface area contributed by atoms with E-state index in [0.29, 0.717) is 22.9 Å². The van der Waals surface area contributed by atoms with Crippen LogP contribution in [-0.2, 0) is 20.9 Å². The van der Waals surface area contributed by atoms with Crippen molar-refractivity contribution in [3.8, 4) is 0 Å². The highest BCUT2D eigenvalue weighted by molar-refractivity contribution is 6.53. The Morgan fingerprint density at radius 2 is 1.58 bits per heavy atom. The number of benzodiazepines with no additional fused rings is 1. The number of aliphatic imine (C=N–C) groups is 1. The molecule has 0 saturated heterocycles. The summed E-state index contributed by atoms with van der Waals surface area (Å²) in [4.78, 5) is 57.8. The average molecular weight is 519 g/mol. The topological polar surface area (TPSA) is 108 Å². The minimum absolute atomic E-state index is 0.0139. The lowest BCUT2D eigenvalue weighted by Crippen LogP contribution is -2.49. The summed E-state index contributed by atoms with van der Waals surface area (Å²) in [5.41, 5.74) is 1.37. The van der Waals surface area contributed by atoms with Crippen LogP contribution in [0.5, 0.6) is 0 Å². The van der Waals surface area contributed by atoms with Gasteiger partial charge in [-0.25, -0.2) is 13.8 Å². The Bertz CT molecular complexity index is 1420. The molecule has 38 heavy (non-hydrogen) atoms. The summed E-state index contributed by atoms with van der Waals surface area (Å²) in [6, 6.07) is 18.0. The van der Waals surface area contributed by atoms with E-state index in [9.17, 15) is 28.0 Å². The first-order valence-corrected chi connectivity index (χ1v) is 11.7. The van der Waals surface area contributed by atoms with Crippen molar-refractivity contribution in [2.45, 2.75) is 19.6 Å². The lowest BCUT2D eigenvalue weighted by atomic mass is 9.99. The maximum Gasteiger partial charge on any atom is 0.272 e. The molecule has 8 nitrogen and oxygen atoms in total. The smallest absolute Gasteiger partial charge is 0.272 e. The highest BCUT2D eigenvalue weighted by Gasteiger charge is 2.34. The molecule has 0 radical (unpaired) electrons. The number of ketones is 1. The van der Waals surface area contributed by atoms with Crippen LogP contribution in [0.3, 0.4) is 0 Å². The lowest BCUT2D eigenvalue weighted by molar-refractivity contribution is -0.136. The van der Waals surface area contributed by atoms with Crippen LogP contribution >= 0.6 is 0 Å². The molecular formula is C28H24F2N4O4. The number of halogens is 2. The summed E-state index contributed by atoms with van der Waals surface area (Å²) >= 11 is 0. The van der Waals surface area contributed by atoms with Crippen LogP contribution in [0, 0.1) is 17.6 Å². The van der Waals surface area contributed by atoms with Gasteiger partial charge in [-0.15, -0.1) is 0 Å². The Hall–Kier alpha value is -4.73. The first kappa shape index (κ1) is 26.3. The van der Waals surface area contributed by atoms with Crippen molar-refractivity contribution >= 4 is 34.9 Å². The van der Waals surface area contributed by atoms with Gasteiger partial charge in [0.1, 0.15) is 23.3 Å². The number of amides is 3. The summed E-state index contributed by atoms with van der Waals surface area (Å²) in [7, 11) is 1.50. The molecule has 3 aromatic rings. The fraction of sp³-hybridized carbons (Fsp3) is 0.179. The quantitative estimate of drug-likeness (QED) is 0.370. The summed E-state index contributed by atoms with van der Waals surface area (Å²) in [5, 5.41) is 4.90. The molecule has 10 heteroatoms. The number of Topliss-reactive ketones (excluding diaryl/α,β-unsaturated/α-hetero) is 1. The molecule has 0 aromatic heterocycles. The number of likely N-dealkylation sites (N-methyl/N-ethyl adjacent to an activating group) is 1. The van der Waals surface area contributed by atoms with Gasteiger partial charge in [0.25, 0.3) is 5.91 Å². The van der Waals surface area contributed by atoms with E-state index in [1.807, 2.05) is 0 Å². The number of hydrogen-bond acceptors (Lipinski definition) is 5. The van der Waals surface area contributed by atoms with Crippen molar-refractivity contribution in [2.24, 2.45) is 10.9 Å². The first-order chi connectivity index (χ1) is 18.2. The molecule has 0 aliphatic carbocycles. The molecule has 0 bridgehead atoms. The van der Waals surface area contributed by atoms with Gasteiger partial charge in [0.15, 0.2) is 0 Å². The van der Waals surface area contributed by atoms with Crippen molar-refractivity contribution < 1.29 is 28.0 Å². The number of hydrogen-bond donors (Lipinski definition) is 2. The minimum atomic E-state index is -1.48. The summed E-state index contributed by atoms with van der Waals surface area (Å²) in [6.07, 6.45) is -1.48. The van der Waals surface area contributed by atoms with Crippen molar-refractivity contribution in [3.05, 3.63) is 101 Å². The van der Waals surface area contributed by atoms with Crippen molar-refractivity contribution in [1.82, 2.24) is 10.6 Å². The SMILES string of the molecule is CC(C(=O)NCc1cc(F)cc(F)c1)C(=O)NC1N=C(C(=O)c2ccccc2)c2ccccc2N(C)C1=O. The number of carbonyl (C=O) groups excluding carboxylic acids is 4. The van der Waals surface area contributed by atoms with Crippen LogP contribution < -0.4 is 15.5 Å². The predicted molar refractivity (Wildman–Crippen MR) is 136 cm³/mol. The van der Waals surface area contributed by atoms with Crippen LogP contribution in [0.4, 0.5) is 14.5 Å². The van der Waals surface area contributed by atoms with Crippen molar-refractivity contribution in [1.29, 1.82) is 0 Å². The zero-order valence-electron chi connectivity index (χ0n) is 20.6. The summed E-state index contributed by atoms with van der Waals surface area (Å²) < 4.78 is 26.8. The standard InChI is InChI=1S/C28H24F2N4O4/c1-16(26(36)31-15-17-12-19(29)14-20(30)13-17)27(37)33-25-28(38)34(2)22-11-7-6-10-21(22)23(32-25)24(35)18-8-4-3-5-9-18/h3-14,16,25H,15H2,1-2H3,(H,31,36)(H,33,37). The minimum Gasteiger partial charge on any atom is -0.351 e. The number of fused-ring (bicyclic) bond motifs is 1. The van der Waals surface area contributed by atoms with Crippen LogP contribution in [0.2, 0.25) is 0 Å². The summed E-state index contributed by atoms with van der Waals surface area (Å²) in [5.74, 6) is -5.46. The van der Waals surface area contributed by atoms with Gasteiger partial charge < -0.3 is 15.5 Å². The number of benzene rings is 3. The Balaban J connectivity index is 1.56. The summed E-state index contributed by atoms with van der Waals surface area (Å²) in [6.45, 7) is 1.11. The lowest BCUT2D eigenvalue weighted by Gasteiger charge is -2.21. The fourth-order valence-corrected chi connectivity index (χ4v) is 3.96. The van der Waals surface area contributed by atoms with E-state index in [-0.39, 0.29) is 17.8 Å². The van der Waals surface area contributed by atoms with E-state index in [1.54, 1.807) is 54.6 Å². The van der Waals surface area contributed by atoms with Gasteiger partial charge in [0.05, 0.1) is 5.69 Å². The number of nitrogens with zero attached hydrogens (tertiary/aromatic N) is 2. The molecule has 3 amide bonds. The molecule has 2 unspecified atom stereocenters. The third kappa shape index (κ3) is 5.64. The number of rotatable bonds is 7. The molecule has 1 aliphatic heterocycles. The Morgan fingerprint density at radius 1 is 0.947 bits per heavy atom. The zero-order valence-corrected chi connectivity index (χ0v) is 20.6. The van der Waals surface area contributed by atoms with E-state index < -0.39 is 47.2 Å². The number of carbonyl (C=O) groups is 4. The molecule has 194 valence electrons. The van der Waals surface area contributed by atoms with Crippen LogP contribution in [-0.4, -0.2) is 42.4 Å².